The summed E-state index contributed by atoms with van der Waals surface area (Å²) in [4.78, 5) is 2.36. The van der Waals surface area contributed by atoms with E-state index in [2.05, 4.69) is 21.2 Å². The van der Waals surface area contributed by atoms with Crippen molar-refractivity contribution in [2.75, 3.05) is 40.5 Å². The van der Waals surface area contributed by atoms with E-state index >= 15 is 0 Å². The predicted octanol–water partition coefficient (Wildman–Crippen LogP) is 3.47. The zero-order valence-electron chi connectivity index (χ0n) is 18.1. The summed E-state index contributed by atoms with van der Waals surface area (Å²) in [6.45, 7) is 5.98. The molecule has 1 saturated heterocycles. The Morgan fingerprint density at radius 3 is 2.48 bits per heavy atom. The summed E-state index contributed by atoms with van der Waals surface area (Å²) in [5, 5.41) is 7.87. The second-order valence-electron chi connectivity index (χ2n) is 7.28. The van der Waals surface area contributed by atoms with Gasteiger partial charge in [-0.25, -0.2) is 0 Å². The number of morpholine rings is 1. The van der Waals surface area contributed by atoms with Gasteiger partial charge in [-0.3, -0.25) is 4.90 Å². The predicted molar refractivity (Wildman–Crippen MR) is 114 cm³/mol. The first kappa shape index (κ1) is 21.1. The molecule has 1 aromatic heterocycles. The first-order chi connectivity index (χ1) is 15.2. The minimum absolute atomic E-state index is 0.221. The monoisotopic (exact) mass is 425 g/mol. The Kier molecular flexibility index (Phi) is 6.69. The molecule has 4 rings (SSSR count). The number of benzene rings is 2. The molecule has 31 heavy (non-hydrogen) atoms. The van der Waals surface area contributed by atoms with E-state index in [0.717, 1.165) is 66.8 Å². The van der Waals surface area contributed by atoms with E-state index in [1.54, 1.807) is 21.1 Å². The average molecular weight is 425 g/mol. The van der Waals surface area contributed by atoms with Crippen LogP contribution in [-0.4, -0.2) is 55.6 Å². The highest BCUT2D eigenvalue weighted by Crippen LogP contribution is 2.36. The molecule has 8 heteroatoms. The van der Waals surface area contributed by atoms with E-state index in [9.17, 15) is 0 Å². The molecule has 0 aliphatic carbocycles. The van der Waals surface area contributed by atoms with Crippen LogP contribution in [-0.2, 0) is 17.9 Å². The van der Waals surface area contributed by atoms with E-state index in [0.29, 0.717) is 11.8 Å². The second-order valence-corrected chi connectivity index (χ2v) is 7.28. The van der Waals surface area contributed by atoms with Gasteiger partial charge in [-0.2, -0.15) is 0 Å². The molecule has 0 spiro atoms. The van der Waals surface area contributed by atoms with Gasteiger partial charge in [-0.1, -0.05) is 6.07 Å². The highest BCUT2D eigenvalue weighted by Gasteiger charge is 2.17. The van der Waals surface area contributed by atoms with Crippen LogP contribution in [0.3, 0.4) is 0 Å². The fourth-order valence-corrected chi connectivity index (χ4v) is 3.59. The lowest BCUT2D eigenvalue weighted by Crippen LogP contribution is -2.35. The molecule has 2 aromatic carbocycles. The smallest absolute Gasteiger partial charge is 0.253 e. The second kappa shape index (κ2) is 9.80. The normalized spacial score (nSPS) is 14.4. The minimum atomic E-state index is 0.221. The van der Waals surface area contributed by atoms with Crippen molar-refractivity contribution in [2.24, 2.45) is 0 Å². The molecule has 164 valence electrons. The van der Waals surface area contributed by atoms with Crippen molar-refractivity contribution < 1.29 is 23.4 Å². The van der Waals surface area contributed by atoms with Crippen LogP contribution in [0.4, 0.5) is 0 Å². The van der Waals surface area contributed by atoms with E-state index < -0.39 is 0 Å². The Bertz CT molecular complexity index is 1010. The van der Waals surface area contributed by atoms with E-state index in [1.165, 1.54) is 0 Å². The summed E-state index contributed by atoms with van der Waals surface area (Å²) in [6.07, 6.45) is 0. The first-order valence-electron chi connectivity index (χ1n) is 10.2. The number of hydrogen-bond acceptors (Lipinski definition) is 8. The van der Waals surface area contributed by atoms with Crippen LogP contribution in [0.2, 0.25) is 0 Å². The summed E-state index contributed by atoms with van der Waals surface area (Å²) in [7, 11) is 3.33. The highest BCUT2D eigenvalue weighted by molar-refractivity contribution is 5.73. The molecule has 0 radical (unpaired) electrons. The number of rotatable bonds is 8. The molecule has 1 aliphatic rings. The van der Waals surface area contributed by atoms with Gasteiger partial charge < -0.3 is 23.4 Å². The molecule has 2 heterocycles. The van der Waals surface area contributed by atoms with Gasteiger partial charge in [-0.05, 0) is 35.9 Å². The molecule has 0 N–H and O–H groups in total. The van der Waals surface area contributed by atoms with Gasteiger partial charge in [0.15, 0.2) is 6.61 Å². The zero-order chi connectivity index (χ0) is 21.6. The third kappa shape index (κ3) is 5.15. The summed E-state index contributed by atoms with van der Waals surface area (Å²) >= 11 is 0. The van der Waals surface area contributed by atoms with Gasteiger partial charge >= 0.3 is 0 Å². The number of ether oxygens (including phenoxy) is 4. The lowest BCUT2D eigenvalue weighted by atomic mass is 10.0. The maximum absolute atomic E-state index is 6.06. The van der Waals surface area contributed by atoms with Crippen molar-refractivity contribution in [1.29, 1.82) is 0 Å². The molecular weight excluding hydrogens is 398 g/mol. The largest absolute Gasteiger partial charge is 0.497 e. The number of aryl methyl sites for hydroxylation is 1. The Hall–Kier alpha value is -3.10. The van der Waals surface area contributed by atoms with E-state index in [-0.39, 0.29) is 6.61 Å². The van der Waals surface area contributed by atoms with Crippen molar-refractivity contribution in [2.45, 2.75) is 20.1 Å². The van der Waals surface area contributed by atoms with Crippen LogP contribution in [0.15, 0.2) is 40.8 Å². The molecular formula is C23H27N3O5. The molecule has 0 atom stereocenters. The third-order valence-corrected chi connectivity index (χ3v) is 5.19. The topological polar surface area (TPSA) is 79.1 Å². The number of nitrogens with zero attached hydrogens (tertiary/aromatic N) is 3. The maximum Gasteiger partial charge on any atom is 0.253 e. The lowest BCUT2D eigenvalue weighted by molar-refractivity contribution is 0.0337. The Labute approximate surface area is 181 Å². The fraction of sp³-hybridized carbons (Fsp3) is 0.391. The van der Waals surface area contributed by atoms with Crippen molar-refractivity contribution >= 4 is 0 Å². The molecule has 3 aromatic rings. The molecule has 0 unspecified atom stereocenters. The summed E-state index contributed by atoms with van der Waals surface area (Å²) in [6, 6.07) is 11.9. The van der Waals surface area contributed by atoms with Crippen LogP contribution in [0.5, 0.6) is 17.2 Å². The fourth-order valence-electron chi connectivity index (χ4n) is 3.59. The third-order valence-electron chi connectivity index (χ3n) is 5.19. The van der Waals surface area contributed by atoms with Gasteiger partial charge in [0.25, 0.3) is 5.89 Å². The number of aromatic nitrogens is 2. The van der Waals surface area contributed by atoms with Crippen LogP contribution in [0.1, 0.15) is 17.3 Å². The highest BCUT2D eigenvalue weighted by atomic mass is 16.5. The maximum atomic E-state index is 6.06. The Morgan fingerprint density at radius 2 is 1.77 bits per heavy atom. The summed E-state index contributed by atoms with van der Waals surface area (Å²) in [5.74, 6) is 3.32. The van der Waals surface area contributed by atoms with Crippen LogP contribution >= 0.6 is 0 Å². The molecule has 0 amide bonds. The van der Waals surface area contributed by atoms with Gasteiger partial charge in [0.05, 0.1) is 27.4 Å². The van der Waals surface area contributed by atoms with Gasteiger partial charge in [-0.15, -0.1) is 10.2 Å². The zero-order valence-corrected chi connectivity index (χ0v) is 18.1. The molecule has 0 bridgehead atoms. The van der Waals surface area contributed by atoms with E-state index in [1.807, 2.05) is 30.3 Å². The first-order valence-corrected chi connectivity index (χ1v) is 10.2. The quantitative estimate of drug-likeness (QED) is 0.543. The van der Waals surface area contributed by atoms with Crippen molar-refractivity contribution in [3.63, 3.8) is 0 Å². The van der Waals surface area contributed by atoms with Crippen LogP contribution in [0, 0.1) is 6.92 Å². The summed E-state index contributed by atoms with van der Waals surface area (Å²) < 4.78 is 28.0. The molecule has 1 fully saturated rings. The van der Waals surface area contributed by atoms with Gasteiger partial charge in [0.1, 0.15) is 17.2 Å². The number of methoxy groups -OCH3 is 2. The van der Waals surface area contributed by atoms with Crippen LogP contribution in [0.25, 0.3) is 11.1 Å². The average Bonchev–Trinajstić information content (AvgIpc) is 3.23. The van der Waals surface area contributed by atoms with Crippen LogP contribution < -0.4 is 14.2 Å². The van der Waals surface area contributed by atoms with Crippen molar-refractivity contribution in [1.82, 2.24) is 15.1 Å². The minimum Gasteiger partial charge on any atom is -0.497 e. The van der Waals surface area contributed by atoms with Crippen molar-refractivity contribution in [3.8, 4) is 28.4 Å². The van der Waals surface area contributed by atoms with E-state index in [4.69, 9.17) is 23.4 Å². The molecule has 8 nitrogen and oxygen atoms in total. The lowest BCUT2D eigenvalue weighted by Gasteiger charge is -2.27. The van der Waals surface area contributed by atoms with Gasteiger partial charge in [0.2, 0.25) is 5.89 Å². The Balaban J connectivity index is 1.65. The SMILES string of the molecule is COc1ccc(OC)c(-c2ccc(OCc3nnc(C)o3)c(CN3CCOCC3)c2)c1. The number of hydrogen-bond donors (Lipinski definition) is 0. The van der Waals surface area contributed by atoms with Gasteiger partial charge in [0, 0.05) is 37.7 Å². The Morgan fingerprint density at radius 1 is 0.968 bits per heavy atom. The van der Waals surface area contributed by atoms with Crippen molar-refractivity contribution in [3.05, 3.63) is 53.7 Å². The molecule has 1 aliphatic heterocycles. The molecule has 0 saturated carbocycles. The standard InChI is InChI=1S/C23H27N3O5/c1-16-24-25-23(31-16)15-30-21-6-4-17(12-18(21)14-26-8-10-29-11-9-26)20-13-19(27-2)5-7-22(20)28-3/h4-7,12-13H,8-11,14-15H2,1-3H3. The summed E-state index contributed by atoms with van der Waals surface area (Å²) in [5.41, 5.74) is 3.06.